The molecule has 0 saturated carbocycles. The summed E-state index contributed by atoms with van der Waals surface area (Å²) in [7, 11) is 0. The molecule has 44 heavy (non-hydrogen) atoms. The van der Waals surface area contributed by atoms with Gasteiger partial charge in [0.2, 0.25) is 5.91 Å². The number of amides is 1. The molecule has 0 aliphatic carbocycles. The maximum Gasteiger partial charge on any atom is 0.343 e. The molecule has 0 bridgehead atoms. The van der Waals surface area contributed by atoms with Gasteiger partial charge in [-0.05, 0) is 57.4 Å². The molecule has 4 N–H and O–H groups in total. The molecule has 1 saturated heterocycles. The van der Waals surface area contributed by atoms with Crippen molar-refractivity contribution in [1.82, 2.24) is 19.8 Å². The maximum atomic E-state index is 13.9. The van der Waals surface area contributed by atoms with Crippen molar-refractivity contribution in [2.45, 2.75) is 88.6 Å². The summed E-state index contributed by atoms with van der Waals surface area (Å²) < 4.78 is 6.91. The maximum absolute atomic E-state index is 13.9. The normalized spacial score (nSPS) is 23.8. The van der Waals surface area contributed by atoms with Crippen LogP contribution in [-0.4, -0.2) is 68.5 Å². The largest absolute Gasteiger partial charge is 0.458 e. The summed E-state index contributed by atoms with van der Waals surface area (Å²) in [6, 6.07) is 9.05. The first-order valence-corrected chi connectivity index (χ1v) is 16.0. The number of halogens is 1. The smallest absolute Gasteiger partial charge is 0.343 e. The third-order valence-electron chi connectivity index (χ3n) is 9.52. The van der Waals surface area contributed by atoms with Crippen molar-refractivity contribution in [2.24, 2.45) is 5.73 Å². The van der Waals surface area contributed by atoms with E-state index >= 15 is 0 Å². The number of unbranched alkanes of at least 4 members (excludes halogenated alkanes) is 1. The Balaban J connectivity index is 1.48. The number of alkyl halides is 1. The fourth-order valence-corrected chi connectivity index (χ4v) is 7.40. The molecule has 1 aromatic carbocycles. The fourth-order valence-electron chi connectivity index (χ4n) is 7.04. The number of hydrogen-bond acceptors (Lipinski definition) is 8. The highest BCUT2D eigenvalue weighted by Crippen LogP contribution is 2.42. The summed E-state index contributed by atoms with van der Waals surface area (Å²) in [5, 5.41) is 15.4. The molecule has 3 aromatic rings. The number of cyclic esters (lactones) is 1. The van der Waals surface area contributed by atoms with Crippen molar-refractivity contribution < 1.29 is 19.4 Å². The number of pyridine rings is 2. The average molecular weight is 622 g/mol. The Bertz CT molecular complexity index is 1690. The van der Waals surface area contributed by atoms with Gasteiger partial charge in [0.15, 0.2) is 5.60 Å². The van der Waals surface area contributed by atoms with Crippen LogP contribution in [0.1, 0.15) is 74.6 Å². The number of nitrogens with one attached hydrogen (secondary N) is 1. The molecule has 2 unspecified atom stereocenters. The number of para-hydroxylation sites is 1. The Labute approximate surface area is 261 Å². The number of nitrogens with two attached hydrogens (primary N) is 1. The van der Waals surface area contributed by atoms with Crippen LogP contribution in [0.2, 0.25) is 0 Å². The number of carbonyl (C=O) groups excluding carboxylic acids is 2. The zero-order valence-electron chi connectivity index (χ0n) is 25.4. The molecule has 234 valence electrons. The minimum Gasteiger partial charge on any atom is -0.458 e. The van der Waals surface area contributed by atoms with Crippen LogP contribution in [-0.2, 0) is 33.1 Å². The summed E-state index contributed by atoms with van der Waals surface area (Å²) in [5.74, 6) is -0.876. The van der Waals surface area contributed by atoms with Gasteiger partial charge < -0.3 is 30.4 Å². The van der Waals surface area contributed by atoms with Gasteiger partial charge in [-0.3, -0.25) is 9.59 Å². The van der Waals surface area contributed by atoms with E-state index in [0.717, 1.165) is 34.9 Å². The number of aliphatic hydroxyl groups is 1. The van der Waals surface area contributed by atoms with Crippen LogP contribution in [0.15, 0.2) is 35.1 Å². The molecule has 1 fully saturated rings. The van der Waals surface area contributed by atoms with Gasteiger partial charge in [-0.25, -0.2) is 9.78 Å². The lowest BCUT2D eigenvalue weighted by molar-refractivity contribution is -0.172. The van der Waals surface area contributed by atoms with E-state index in [1.54, 1.807) is 17.6 Å². The highest BCUT2D eigenvalue weighted by molar-refractivity contribution is 6.22. The highest BCUT2D eigenvalue weighted by Gasteiger charge is 2.46. The number of esters is 1. The predicted octanol–water partition coefficient (Wildman–Crippen LogP) is 3.11. The van der Waals surface area contributed by atoms with E-state index in [9.17, 15) is 19.5 Å². The second-order valence-electron chi connectivity index (χ2n) is 12.4. The summed E-state index contributed by atoms with van der Waals surface area (Å²) in [5.41, 5.74) is 7.99. The lowest BCUT2D eigenvalue weighted by atomic mass is 9.85. The number of rotatable bonds is 8. The van der Waals surface area contributed by atoms with E-state index < -0.39 is 17.6 Å². The number of ether oxygens (including phenoxy) is 1. The lowest BCUT2D eigenvalue weighted by Crippen LogP contribution is -2.50. The Morgan fingerprint density at radius 1 is 1.20 bits per heavy atom. The third-order valence-corrected chi connectivity index (χ3v) is 9.99. The van der Waals surface area contributed by atoms with Gasteiger partial charge in [-0.1, -0.05) is 31.5 Å². The Morgan fingerprint density at radius 3 is 2.70 bits per heavy atom. The predicted molar refractivity (Wildman–Crippen MR) is 168 cm³/mol. The summed E-state index contributed by atoms with van der Waals surface area (Å²) in [6.45, 7) is 7.41. The molecule has 4 atom stereocenters. The highest BCUT2D eigenvalue weighted by atomic mass is 35.5. The van der Waals surface area contributed by atoms with Crippen molar-refractivity contribution in [3.8, 4) is 11.4 Å². The second-order valence-corrected chi connectivity index (χ2v) is 13.0. The topological polar surface area (TPSA) is 140 Å². The van der Waals surface area contributed by atoms with E-state index in [1.165, 1.54) is 0 Å². The Morgan fingerprint density at radius 2 is 1.98 bits per heavy atom. The van der Waals surface area contributed by atoms with Crippen molar-refractivity contribution in [1.29, 1.82) is 0 Å². The number of nitrogens with zero attached hydrogens (tertiary/aromatic N) is 3. The minimum absolute atomic E-state index is 0.0130. The van der Waals surface area contributed by atoms with Crippen LogP contribution < -0.4 is 16.6 Å². The monoisotopic (exact) mass is 621 g/mol. The molecule has 0 spiro atoms. The van der Waals surface area contributed by atoms with Crippen molar-refractivity contribution in [2.75, 3.05) is 19.6 Å². The second kappa shape index (κ2) is 11.9. The number of carbonyl (C=O) groups is 2. The molecular weight excluding hydrogens is 582 g/mol. The van der Waals surface area contributed by atoms with Crippen LogP contribution in [0.25, 0.3) is 22.3 Å². The zero-order chi connectivity index (χ0) is 31.3. The van der Waals surface area contributed by atoms with Gasteiger partial charge in [-0.15, -0.1) is 11.6 Å². The summed E-state index contributed by atoms with van der Waals surface area (Å²) >= 11 is 6.85. The molecule has 3 aliphatic rings. The quantitative estimate of drug-likeness (QED) is 0.155. The van der Waals surface area contributed by atoms with E-state index in [-0.39, 0.29) is 59.5 Å². The molecule has 2 aromatic heterocycles. The third kappa shape index (κ3) is 4.92. The average Bonchev–Trinajstić information content (AvgIpc) is 3.28. The van der Waals surface area contributed by atoms with Gasteiger partial charge >= 0.3 is 5.97 Å². The molecule has 0 radical (unpaired) electrons. The number of benzene rings is 1. The first kappa shape index (κ1) is 30.7. The van der Waals surface area contributed by atoms with Crippen LogP contribution in [0, 0.1) is 0 Å². The number of fused-ring (bicyclic) bond motifs is 5. The van der Waals surface area contributed by atoms with Crippen LogP contribution in [0.5, 0.6) is 0 Å². The molecule has 3 aliphatic heterocycles. The fraction of sp³-hybridized carbons (Fsp3) is 0.515. The molecule has 10 nitrogen and oxygen atoms in total. The van der Waals surface area contributed by atoms with Gasteiger partial charge in [0.1, 0.15) is 12.6 Å². The van der Waals surface area contributed by atoms with Gasteiger partial charge in [0.25, 0.3) is 5.56 Å². The lowest BCUT2D eigenvalue weighted by Gasteiger charge is -2.31. The van der Waals surface area contributed by atoms with Crippen LogP contribution in [0.4, 0.5) is 0 Å². The molecular formula is C33H40ClN5O5. The Hall–Kier alpha value is -3.31. The first-order valence-electron chi connectivity index (χ1n) is 15.6. The number of hydrogen-bond donors (Lipinski definition) is 3. The van der Waals surface area contributed by atoms with E-state index in [0.29, 0.717) is 37.4 Å². The van der Waals surface area contributed by atoms with Gasteiger partial charge in [0.05, 0.1) is 34.4 Å². The van der Waals surface area contributed by atoms with Crippen LogP contribution >= 0.6 is 11.6 Å². The summed E-state index contributed by atoms with van der Waals surface area (Å²) in [4.78, 5) is 47.3. The van der Waals surface area contributed by atoms with E-state index in [2.05, 4.69) is 5.32 Å². The minimum atomic E-state index is -1.90. The standard InChI is InChI=1S/C33H40ClN5O5/c1-4-33(43)23-13-26-28-21(16-39(26)30(40)22(23)17-44-32(33)42)27(20-9-5-6-11-25(20)37-28)19-14-36-29(24(34)10-7-8-12-35)31(41)38(15-19)18(2)3/h5-6,9,11,13,18-19,24,29,36,43H,4,7-8,10,12,14-17,35H2,1-3H3/t19?,24?,29-,33-/m0/s1. The van der Waals surface area contributed by atoms with Crippen molar-refractivity contribution in [3.63, 3.8) is 0 Å². The van der Waals surface area contributed by atoms with Crippen molar-refractivity contribution >= 4 is 34.4 Å². The SMILES string of the molecule is CC[C@@]1(O)C(=O)OCc2c1cc1n(c2=O)Cc2c-1nc1ccccc1c2C1CN[C@@H](C(Cl)CCCCN)C(=O)N(C(C)C)C1. The van der Waals surface area contributed by atoms with Gasteiger partial charge in [-0.2, -0.15) is 0 Å². The molecule has 5 heterocycles. The van der Waals surface area contributed by atoms with Crippen molar-refractivity contribution in [3.05, 3.63) is 62.9 Å². The van der Waals surface area contributed by atoms with Gasteiger partial charge in [0, 0.05) is 41.6 Å². The zero-order valence-corrected chi connectivity index (χ0v) is 26.2. The number of aromatic nitrogens is 2. The molecule has 1 amide bonds. The Kier molecular flexibility index (Phi) is 8.30. The van der Waals surface area contributed by atoms with E-state index in [4.69, 9.17) is 27.1 Å². The summed E-state index contributed by atoms with van der Waals surface area (Å²) in [6.07, 6.45) is 2.47. The van der Waals surface area contributed by atoms with E-state index in [1.807, 2.05) is 43.0 Å². The molecule has 11 heteroatoms. The first-order chi connectivity index (χ1) is 21.1. The van der Waals surface area contributed by atoms with Crippen LogP contribution in [0.3, 0.4) is 0 Å². The molecule has 6 rings (SSSR count).